The summed E-state index contributed by atoms with van der Waals surface area (Å²) >= 11 is 0. The maximum Gasteiger partial charge on any atom is 0.228 e. The second-order valence-corrected chi connectivity index (χ2v) is 4.52. The lowest BCUT2D eigenvalue weighted by molar-refractivity contribution is -0.119. The zero-order valence-corrected chi connectivity index (χ0v) is 10.3. The molecule has 0 saturated heterocycles. The molecular weight excluding hydrogens is 200 g/mol. The van der Waals surface area contributed by atoms with Gasteiger partial charge >= 0.3 is 0 Å². The van der Waals surface area contributed by atoms with E-state index in [1.54, 1.807) is 4.90 Å². The smallest absolute Gasteiger partial charge is 0.228 e. The molecule has 1 amide bonds. The van der Waals surface area contributed by atoms with Gasteiger partial charge in [-0.1, -0.05) is 17.7 Å². The molecule has 2 rings (SSSR count). The molecule has 1 aromatic carbocycles. The van der Waals surface area contributed by atoms with Gasteiger partial charge in [0.15, 0.2) is 0 Å². The van der Waals surface area contributed by atoms with E-state index >= 15 is 0 Å². The molecule has 3 heteroatoms. The fraction of sp³-hybridized carbons (Fsp3) is 0.462. The summed E-state index contributed by atoms with van der Waals surface area (Å²) in [5, 5.41) is 3.22. The van der Waals surface area contributed by atoms with Gasteiger partial charge in [-0.05, 0) is 32.0 Å². The van der Waals surface area contributed by atoms with E-state index in [9.17, 15) is 4.79 Å². The van der Waals surface area contributed by atoms with Gasteiger partial charge in [0.2, 0.25) is 5.91 Å². The van der Waals surface area contributed by atoms with Crippen molar-refractivity contribution in [3.8, 4) is 0 Å². The van der Waals surface area contributed by atoms with Crippen molar-refractivity contribution in [2.24, 2.45) is 0 Å². The van der Waals surface area contributed by atoms with Gasteiger partial charge in [0.25, 0.3) is 0 Å². The number of benzene rings is 1. The highest BCUT2D eigenvalue weighted by atomic mass is 16.2. The van der Waals surface area contributed by atoms with Gasteiger partial charge in [-0.25, -0.2) is 0 Å². The van der Waals surface area contributed by atoms with Crippen LogP contribution in [0.3, 0.4) is 0 Å². The van der Waals surface area contributed by atoms with Crippen molar-refractivity contribution in [1.29, 1.82) is 0 Å². The minimum atomic E-state index is 0.150. The number of hydrogen-bond donors (Lipinski definition) is 1. The maximum atomic E-state index is 11.8. The van der Waals surface area contributed by atoms with Gasteiger partial charge in [0, 0.05) is 19.5 Å². The van der Waals surface area contributed by atoms with Gasteiger partial charge in [-0.2, -0.15) is 0 Å². The third-order valence-electron chi connectivity index (χ3n) is 3.29. The molecule has 0 saturated carbocycles. The van der Waals surface area contributed by atoms with E-state index in [2.05, 4.69) is 31.3 Å². The van der Waals surface area contributed by atoms with Crippen LogP contribution in [-0.2, 0) is 4.79 Å². The molecule has 1 N–H and O–H groups in total. The number of aryl methyl sites for hydroxylation is 2. The van der Waals surface area contributed by atoms with Crippen LogP contribution in [0.5, 0.6) is 0 Å². The summed E-state index contributed by atoms with van der Waals surface area (Å²) in [6, 6.07) is 4.45. The minimum Gasteiger partial charge on any atom is -0.315 e. The Morgan fingerprint density at radius 1 is 1.38 bits per heavy atom. The van der Waals surface area contributed by atoms with Crippen LogP contribution < -0.4 is 10.2 Å². The largest absolute Gasteiger partial charge is 0.315 e. The number of carbonyl (C=O) groups is 1. The average molecular weight is 218 g/mol. The highest BCUT2D eigenvalue weighted by Crippen LogP contribution is 2.36. The standard InChI is InChI=1S/C13H18N2O/c1-8-5-9(2)13-10(6-8)11(14-3)7-12(16)15(13)4/h5-6,11,14H,7H2,1-4H3. The van der Waals surface area contributed by atoms with Crippen LogP contribution in [0, 0.1) is 13.8 Å². The predicted molar refractivity (Wildman–Crippen MR) is 65.7 cm³/mol. The molecule has 1 aliphatic heterocycles. The molecule has 1 heterocycles. The maximum absolute atomic E-state index is 11.8. The summed E-state index contributed by atoms with van der Waals surface area (Å²) in [5.74, 6) is 0.179. The number of hydrogen-bond acceptors (Lipinski definition) is 2. The van der Waals surface area contributed by atoms with Crippen LogP contribution in [-0.4, -0.2) is 20.0 Å². The molecule has 0 spiro atoms. The van der Waals surface area contributed by atoms with Crippen molar-refractivity contribution >= 4 is 11.6 Å². The van der Waals surface area contributed by atoms with Crippen LogP contribution in [0.2, 0.25) is 0 Å². The zero-order valence-electron chi connectivity index (χ0n) is 10.3. The summed E-state index contributed by atoms with van der Waals surface area (Å²) in [4.78, 5) is 13.6. The molecule has 0 radical (unpaired) electrons. The number of amides is 1. The Hall–Kier alpha value is -1.35. The Morgan fingerprint density at radius 2 is 2.06 bits per heavy atom. The van der Waals surface area contributed by atoms with Crippen molar-refractivity contribution in [3.63, 3.8) is 0 Å². The fourth-order valence-corrected chi connectivity index (χ4v) is 2.52. The van der Waals surface area contributed by atoms with Gasteiger partial charge < -0.3 is 10.2 Å². The summed E-state index contributed by atoms with van der Waals surface area (Å²) in [7, 11) is 3.76. The molecule has 1 unspecified atom stereocenters. The second-order valence-electron chi connectivity index (χ2n) is 4.52. The lowest BCUT2D eigenvalue weighted by Gasteiger charge is -2.33. The van der Waals surface area contributed by atoms with E-state index in [-0.39, 0.29) is 11.9 Å². The number of fused-ring (bicyclic) bond motifs is 1. The van der Waals surface area contributed by atoms with Crippen LogP contribution in [0.15, 0.2) is 12.1 Å². The van der Waals surface area contributed by atoms with Crippen molar-refractivity contribution < 1.29 is 4.79 Å². The van der Waals surface area contributed by atoms with E-state index in [1.807, 2.05) is 14.1 Å². The van der Waals surface area contributed by atoms with Crippen molar-refractivity contribution in [3.05, 3.63) is 28.8 Å². The van der Waals surface area contributed by atoms with Crippen LogP contribution in [0.4, 0.5) is 5.69 Å². The summed E-state index contributed by atoms with van der Waals surface area (Å²) in [6.07, 6.45) is 0.545. The summed E-state index contributed by atoms with van der Waals surface area (Å²) < 4.78 is 0. The lowest BCUT2D eigenvalue weighted by Crippen LogP contribution is -2.37. The fourth-order valence-electron chi connectivity index (χ4n) is 2.52. The molecule has 0 bridgehead atoms. The quantitative estimate of drug-likeness (QED) is 0.781. The first-order valence-electron chi connectivity index (χ1n) is 5.59. The normalized spacial score (nSPS) is 19.9. The van der Waals surface area contributed by atoms with E-state index < -0.39 is 0 Å². The molecule has 0 aromatic heterocycles. The topological polar surface area (TPSA) is 32.3 Å². The highest BCUT2D eigenvalue weighted by Gasteiger charge is 2.29. The van der Waals surface area contributed by atoms with E-state index in [0.717, 1.165) is 5.69 Å². The molecule has 1 aromatic rings. The first-order valence-corrected chi connectivity index (χ1v) is 5.59. The molecule has 0 aliphatic carbocycles. The number of nitrogens with one attached hydrogen (secondary N) is 1. The van der Waals surface area contributed by atoms with E-state index in [1.165, 1.54) is 16.7 Å². The highest BCUT2D eigenvalue weighted by molar-refractivity contribution is 5.97. The third kappa shape index (κ3) is 1.61. The Balaban J connectivity index is 2.63. The van der Waals surface area contributed by atoms with E-state index in [0.29, 0.717) is 6.42 Å². The Morgan fingerprint density at radius 3 is 2.69 bits per heavy atom. The number of anilines is 1. The third-order valence-corrected chi connectivity index (χ3v) is 3.29. The van der Waals surface area contributed by atoms with Crippen molar-refractivity contribution in [2.45, 2.75) is 26.3 Å². The second kappa shape index (κ2) is 3.91. The summed E-state index contributed by atoms with van der Waals surface area (Å²) in [6.45, 7) is 4.16. The first-order chi connectivity index (χ1) is 7.54. The van der Waals surface area contributed by atoms with Crippen LogP contribution in [0.1, 0.15) is 29.2 Å². The number of rotatable bonds is 1. The predicted octanol–water partition coefficient (Wildman–Crippen LogP) is 1.93. The van der Waals surface area contributed by atoms with Gasteiger partial charge in [0.1, 0.15) is 0 Å². The van der Waals surface area contributed by atoms with Gasteiger partial charge in [-0.3, -0.25) is 4.79 Å². The minimum absolute atomic E-state index is 0.150. The SMILES string of the molecule is CNC1CC(=O)N(C)c2c(C)cc(C)cc21. The van der Waals surface area contributed by atoms with Crippen LogP contribution >= 0.6 is 0 Å². The van der Waals surface area contributed by atoms with Crippen molar-refractivity contribution in [1.82, 2.24) is 5.32 Å². The molecule has 86 valence electrons. The molecule has 1 aliphatic rings. The molecule has 16 heavy (non-hydrogen) atoms. The Labute approximate surface area is 96.5 Å². The molecule has 3 nitrogen and oxygen atoms in total. The molecule has 0 fully saturated rings. The monoisotopic (exact) mass is 218 g/mol. The average Bonchev–Trinajstić information content (AvgIpc) is 2.22. The lowest BCUT2D eigenvalue weighted by atomic mass is 9.92. The summed E-state index contributed by atoms with van der Waals surface area (Å²) in [5.41, 5.74) is 4.73. The van der Waals surface area contributed by atoms with E-state index in [4.69, 9.17) is 0 Å². The number of carbonyl (C=O) groups excluding carboxylic acids is 1. The Bertz CT molecular complexity index is 440. The van der Waals surface area contributed by atoms with Gasteiger partial charge in [0.05, 0.1) is 5.69 Å². The Kier molecular flexibility index (Phi) is 2.72. The van der Waals surface area contributed by atoms with Gasteiger partial charge in [-0.15, -0.1) is 0 Å². The van der Waals surface area contributed by atoms with Crippen LogP contribution in [0.25, 0.3) is 0 Å². The zero-order chi connectivity index (χ0) is 11.9. The molecule has 1 atom stereocenters. The number of nitrogens with zero attached hydrogens (tertiary/aromatic N) is 1. The van der Waals surface area contributed by atoms with Crippen molar-refractivity contribution in [2.75, 3.05) is 19.0 Å². The first kappa shape index (κ1) is 11.1. The molecular formula is C13H18N2O.